The molecule has 3 aromatic heterocycles. The van der Waals surface area contributed by atoms with Crippen LogP contribution in [0.1, 0.15) is 67.7 Å². The maximum Gasteiger partial charge on any atom is 0.519 e. The zero-order valence-corrected chi connectivity index (χ0v) is 35.9. The molecule has 2 saturated heterocycles. The van der Waals surface area contributed by atoms with Gasteiger partial charge in [0.05, 0.1) is 35.3 Å². The molecule has 1 aliphatic carbocycles. The first kappa shape index (κ1) is 47.3. The third-order valence-electron chi connectivity index (χ3n) is 14.0. The number of halogens is 11. The summed E-state index contributed by atoms with van der Waals surface area (Å²) < 4.78 is 177. The number of anilines is 1. The van der Waals surface area contributed by atoms with E-state index in [2.05, 4.69) is 30.8 Å². The number of alkyl halides is 9. The van der Waals surface area contributed by atoms with Gasteiger partial charge in [-0.15, -0.1) is 6.42 Å². The van der Waals surface area contributed by atoms with E-state index in [1.807, 2.05) is 0 Å². The highest BCUT2D eigenvalue weighted by atomic mass is 19.4. The summed E-state index contributed by atoms with van der Waals surface area (Å²) in [4.78, 5) is 29.5. The summed E-state index contributed by atoms with van der Waals surface area (Å²) in [5, 5.41) is 14.6. The van der Waals surface area contributed by atoms with Gasteiger partial charge in [-0.05, 0) is 94.3 Å². The Morgan fingerprint density at radius 3 is 2.35 bits per heavy atom. The van der Waals surface area contributed by atoms with Crippen molar-refractivity contribution in [3.05, 3.63) is 69.3 Å². The molecule has 364 valence electrons. The topological polar surface area (TPSA) is 139 Å². The van der Waals surface area contributed by atoms with Crippen LogP contribution in [0.4, 0.5) is 54.1 Å². The van der Waals surface area contributed by atoms with Crippen LogP contribution in [0.5, 0.6) is 11.8 Å². The second kappa shape index (κ2) is 17.0. The van der Waals surface area contributed by atoms with Crippen molar-refractivity contribution in [3.63, 3.8) is 0 Å². The molecule has 12 nitrogen and oxygen atoms in total. The Balaban J connectivity index is 1.10. The lowest BCUT2D eigenvalue weighted by molar-refractivity contribution is -0.458. The number of aryl methyl sites for hydroxylation is 2. The molecule has 4 aliphatic rings. The fourth-order valence-electron chi connectivity index (χ4n) is 10.5. The smallest absolute Gasteiger partial charge is 0.508 e. The molecule has 2 unspecified atom stereocenters. The van der Waals surface area contributed by atoms with Crippen LogP contribution >= 0.6 is 0 Å². The van der Waals surface area contributed by atoms with Crippen molar-refractivity contribution in [2.45, 2.75) is 107 Å². The van der Waals surface area contributed by atoms with Gasteiger partial charge in [0.2, 0.25) is 0 Å². The third-order valence-corrected chi connectivity index (χ3v) is 14.0. The monoisotopic (exact) mass is 970 g/mol. The first-order valence-electron chi connectivity index (χ1n) is 21.7. The molecule has 3 fully saturated rings. The maximum absolute atomic E-state index is 17.5. The molecule has 2 aromatic carbocycles. The van der Waals surface area contributed by atoms with E-state index in [4.69, 9.17) is 25.0 Å². The minimum Gasteiger partial charge on any atom is -0.508 e. The molecule has 0 radical (unpaired) electrons. The highest BCUT2D eigenvalue weighted by Crippen LogP contribution is 2.56. The Morgan fingerprint density at radius 1 is 0.941 bits per heavy atom. The third kappa shape index (κ3) is 7.94. The van der Waals surface area contributed by atoms with E-state index in [1.165, 1.54) is 23.1 Å². The summed E-state index contributed by atoms with van der Waals surface area (Å²) in [6.45, 7) is 0.515. The Kier molecular flexibility index (Phi) is 11.9. The van der Waals surface area contributed by atoms with E-state index in [9.17, 15) is 49.4 Å². The number of fused-ring (bicyclic) bond motifs is 3. The van der Waals surface area contributed by atoms with Crippen molar-refractivity contribution in [1.29, 1.82) is 0 Å². The average molecular weight is 971 g/mol. The molecular weight excluding hydrogens is 930 g/mol. The van der Waals surface area contributed by atoms with Gasteiger partial charge in [0.1, 0.15) is 41.0 Å². The Bertz CT molecular complexity index is 2840. The lowest BCUT2D eigenvalue weighted by Crippen LogP contribution is -2.68. The van der Waals surface area contributed by atoms with Gasteiger partial charge in [0.15, 0.2) is 11.6 Å². The van der Waals surface area contributed by atoms with Crippen molar-refractivity contribution in [2.75, 3.05) is 38.2 Å². The Hall–Kier alpha value is -5.73. The summed E-state index contributed by atoms with van der Waals surface area (Å²) in [5.74, 6) is 0.150. The molecule has 0 spiro atoms. The fraction of sp³-hybridized carbons (Fsp3) is 0.511. The minimum atomic E-state index is -6.89. The van der Waals surface area contributed by atoms with Gasteiger partial charge in [-0.1, -0.05) is 12.0 Å². The van der Waals surface area contributed by atoms with Gasteiger partial charge in [0.25, 0.3) is 0 Å². The van der Waals surface area contributed by atoms with Crippen LogP contribution in [-0.2, 0) is 17.7 Å². The molecule has 1 saturated carbocycles. The van der Waals surface area contributed by atoms with Crippen molar-refractivity contribution in [2.24, 2.45) is 5.92 Å². The Morgan fingerprint density at radius 2 is 1.69 bits per heavy atom. The highest BCUT2D eigenvalue weighted by Gasteiger charge is 2.85. The normalized spacial score (nSPS) is 22.9. The lowest BCUT2D eigenvalue weighted by Gasteiger charge is -2.44. The SMILES string of the molecule is C#Cc1c(F)ccc2cc(O)cc(-c3nc4c5c(nc(OCC67CCCN6[C@H](COC(C(F)(F)F)(C(F)(F)F)C(F)(F)F)CC7)nc5c3F)NCCN(Cc3oc(=O)oc3C)[C@H]3CCC3CC4)c12. The number of rotatable bonds is 9. The summed E-state index contributed by atoms with van der Waals surface area (Å²) >= 11 is 0. The molecule has 0 amide bonds. The van der Waals surface area contributed by atoms with Gasteiger partial charge in [-0.2, -0.15) is 49.5 Å². The quantitative estimate of drug-likeness (QED) is 0.108. The van der Waals surface area contributed by atoms with E-state index in [1.54, 1.807) is 6.92 Å². The maximum atomic E-state index is 17.5. The van der Waals surface area contributed by atoms with Crippen LogP contribution in [0.25, 0.3) is 32.9 Å². The van der Waals surface area contributed by atoms with Gasteiger partial charge >= 0.3 is 36.0 Å². The lowest BCUT2D eigenvalue weighted by atomic mass is 9.75. The second-order valence-corrected chi connectivity index (χ2v) is 17.7. The number of terminal acetylenes is 1. The number of aromatic hydroxyl groups is 1. The molecular formula is C45H41F11N6O6. The summed E-state index contributed by atoms with van der Waals surface area (Å²) in [6, 6.07) is 3.29. The summed E-state index contributed by atoms with van der Waals surface area (Å²) in [5.41, 5.74) is -8.16. The number of aromatic nitrogens is 3. The number of hydrogen-bond donors (Lipinski definition) is 2. The number of nitrogens with one attached hydrogen (secondary N) is 1. The molecule has 9 rings (SSSR count). The number of hydrogen-bond acceptors (Lipinski definition) is 12. The molecule has 23 heteroatoms. The van der Waals surface area contributed by atoms with Gasteiger partial charge in [0, 0.05) is 36.1 Å². The predicted molar refractivity (Wildman–Crippen MR) is 220 cm³/mol. The number of phenolic OH excluding ortho intramolecular Hbond substituents is 1. The zero-order valence-electron chi connectivity index (χ0n) is 35.9. The van der Waals surface area contributed by atoms with Crippen molar-refractivity contribution >= 4 is 27.5 Å². The molecule has 6 heterocycles. The van der Waals surface area contributed by atoms with Gasteiger partial charge in [-0.25, -0.2) is 18.6 Å². The van der Waals surface area contributed by atoms with Gasteiger partial charge in [-0.3, -0.25) is 9.80 Å². The van der Waals surface area contributed by atoms with E-state index in [0.717, 1.165) is 18.9 Å². The van der Waals surface area contributed by atoms with Crippen LogP contribution in [0, 0.1) is 36.8 Å². The standard InChI is InChI=1S/C45H41F11N6O6/c1-3-27-29(46)8-5-24-17-26(63)18-28(33(24)27)36-35(47)37-34-30(58-36)9-6-23-7-10-31(23)61(19-32-22(2)67-40(64)68-32)16-14-57-38(34)60-39(59-37)65-21-41-12-4-15-62(41)25(11-13-41)20-66-42(43(48,49)50,44(51,52)53)45(54,55)56/h1,5,8,17-18,23,25,31,63H,4,6-7,9-16,19-21H2,2H3,(H,57,59,60)/t23?,25-,31-,41?/m0/s1. The first-order chi connectivity index (χ1) is 32.1. The molecule has 0 bridgehead atoms. The number of phenols is 1. The van der Waals surface area contributed by atoms with E-state index in [0.29, 0.717) is 36.6 Å². The van der Waals surface area contributed by atoms with Crippen molar-refractivity contribution < 1.29 is 71.7 Å². The van der Waals surface area contributed by atoms with Crippen molar-refractivity contribution in [3.8, 4) is 35.4 Å². The second-order valence-electron chi connectivity index (χ2n) is 17.7. The van der Waals surface area contributed by atoms with Crippen LogP contribution in [0.3, 0.4) is 0 Å². The van der Waals surface area contributed by atoms with Crippen molar-refractivity contribution in [1.82, 2.24) is 24.8 Å². The first-order valence-corrected chi connectivity index (χ1v) is 21.7. The van der Waals surface area contributed by atoms with Crippen LogP contribution in [-0.4, -0.2) is 104 Å². The Labute approximate surface area is 378 Å². The predicted octanol–water partition coefficient (Wildman–Crippen LogP) is 9.12. The van der Waals surface area contributed by atoms with Gasteiger partial charge < -0.3 is 28.7 Å². The number of nitrogens with zero attached hydrogens (tertiary/aromatic N) is 5. The number of ether oxygens (including phenoxy) is 2. The van der Waals surface area contributed by atoms with Crippen LogP contribution in [0.15, 0.2) is 37.9 Å². The van der Waals surface area contributed by atoms with Crippen LogP contribution < -0.4 is 15.9 Å². The van der Waals surface area contributed by atoms with E-state index >= 15 is 8.78 Å². The highest BCUT2D eigenvalue weighted by molar-refractivity contribution is 6.03. The number of benzene rings is 2. The zero-order chi connectivity index (χ0) is 48.7. The van der Waals surface area contributed by atoms with E-state index in [-0.39, 0.29) is 114 Å². The number of pyridine rings is 1. The molecule has 68 heavy (non-hydrogen) atoms. The van der Waals surface area contributed by atoms with E-state index < -0.39 is 65.8 Å². The molecule has 4 atom stereocenters. The molecule has 2 N–H and O–H groups in total. The molecule has 3 aliphatic heterocycles. The fourth-order valence-corrected chi connectivity index (χ4v) is 10.5. The summed E-state index contributed by atoms with van der Waals surface area (Å²) in [6.07, 6.45) is -12.0. The van der Waals surface area contributed by atoms with Crippen LogP contribution in [0.2, 0.25) is 0 Å². The summed E-state index contributed by atoms with van der Waals surface area (Å²) in [7, 11) is 0. The minimum absolute atomic E-state index is 0.0234. The largest absolute Gasteiger partial charge is 0.519 e. The molecule has 5 aromatic rings. The average Bonchev–Trinajstić information content (AvgIpc) is 3.90.